The molecular formula is C18H16N2O3. The molecule has 0 saturated carbocycles. The number of ketones is 1. The van der Waals surface area contributed by atoms with E-state index in [-0.39, 0.29) is 5.78 Å². The first-order valence-corrected chi connectivity index (χ1v) is 7.30. The molecule has 0 atom stereocenters. The minimum atomic E-state index is 0.0355. The molecule has 0 aliphatic carbocycles. The van der Waals surface area contributed by atoms with E-state index in [4.69, 9.17) is 9.26 Å². The average Bonchev–Trinajstić information content (AvgIpc) is 3.09. The number of rotatable bonds is 6. The summed E-state index contributed by atoms with van der Waals surface area (Å²) >= 11 is 0. The topological polar surface area (TPSA) is 65.2 Å². The predicted octanol–water partition coefficient (Wildman–Crippen LogP) is 3.56. The Morgan fingerprint density at radius 1 is 1.22 bits per heavy atom. The molecule has 1 aromatic carbocycles. The van der Waals surface area contributed by atoms with Crippen LogP contribution >= 0.6 is 0 Å². The first-order chi connectivity index (χ1) is 11.3. The second-order valence-electron chi connectivity index (χ2n) is 5.04. The number of hydrogen-bond donors (Lipinski definition) is 0. The van der Waals surface area contributed by atoms with Crippen LogP contribution in [0.25, 0.3) is 11.3 Å². The van der Waals surface area contributed by atoms with Crippen LogP contribution in [0.4, 0.5) is 0 Å². The lowest BCUT2D eigenvalue weighted by Crippen LogP contribution is -2.00. The van der Waals surface area contributed by atoms with Gasteiger partial charge >= 0.3 is 0 Å². The highest BCUT2D eigenvalue weighted by Gasteiger charge is 2.13. The summed E-state index contributed by atoms with van der Waals surface area (Å²) in [6, 6.07) is 13.0. The molecule has 3 rings (SSSR count). The van der Waals surface area contributed by atoms with Crippen molar-refractivity contribution in [2.45, 2.75) is 12.8 Å². The molecule has 2 heterocycles. The zero-order chi connectivity index (χ0) is 16.1. The minimum absolute atomic E-state index is 0.0355. The Bertz CT molecular complexity index is 797. The van der Waals surface area contributed by atoms with Crippen molar-refractivity contribution >= 4 is 5.78 Å². The number of ether oxygens (including phenoxy) is 1. The fraction of sp³-hybridized carbons (Fsp3) is 0.167. The minimum Gasteiger partial charge on any atom is -0.496 e. The van der Waals surface area contributed by atoms with Gasteiger partial charge in [0.2, 0.25) is 0 Å². The highest BCUT2D eigenvalue weighted by molar-refractivity contribution is 5.95. The van der Waals surface area contributed by atoms with Gasteiger partial charge in [-0.15, -0.1) is 0 Å². The number of aromatic nitrogens is 2. The van der Waals surface area contributed by atoms with E-state index in [1.165, 1.54) is 0 Å². The summed E-state index contributed by atoms with van der Waals surface area (Å²) < 4.78 is 10.7. The average molecular weight is 308 g/mol. The molecule has 0 fully saturated rings. The second-order valence-corrected chi connectivity index (χ2v) is 5.04. The normalized spacial score (nSPS) is 10.5. The quantitative estimate of drug-likeness (QED) is 0.651. The number of para-hydroxylation sites is 1. The summed E-state index contributed by atoms with van der Waals surface area (Å²) in [7, 11) is 1.62. The van der Waals surface area contributed by atoms with Gasteiger partial charge in [0, 0.05) is 42.4 Å². The maximum Gasteiger partial charge on any atom is 0.164 e. The van der Waals surface area contributed by atoms with Crippen LogP contribution in [0.3, 0.4) is 0 Å². The zero-order valence-electron chi connectivity index (χ0n) is 12.7. The Morgan fingerprint density at radius 2 is 2.09 bits per heavy atom. The second kappa shape index (κ2) is 6.87. The Morgan fingerprint density at radius 3 is 2.87 bits per heavy atom. The predicted molar refractivity (Wildman–Crippen MR) is 85.4 cm³/mol. The van der Waals surface area contributed by atoms with Gasteiger partial charge in [0.25, 0.3) is 0 Å². The molecular weight excluding hydrogens is 292 g/mol. The summed E-state index contributed by atoms with van der Waals surface area (Å²) in [5.74, 6) is 1.44. The Labute approximate surface area is 133 Å². The van der Waals surface area contributed by atoms with Gasteiger partial charge in [-0.2, -0.15) is 0 Å². The molecule has 0 spiro atoms. The van der Waals surface area contributed by atoms with Crippen molar-refractivity contribution in [3.63, 3.8) is 0 Å². The molecule has 0 radical (unpaired) electrons. The number of carbonyl (C=O) groups excluding carboxylic acids is 1. The van der Waals surface area contributed by atoms with Gasteiger partial charge in [0.15, 0.2) is 5.78 Å². The van der Waals surface area contributed by atoms with Crippen LogP contribution in [0.15, 0.2) is 59.4 Å². The van der Waals surface area contributed by atoms with Gasteiger partial charge < -0.3 is 9.26 Å². The third-order valence-electron chi connectivity index (χ3n) is 3.52. The zero-order valence-corrected chi connectivity index (χ0v) is 12.7. The SMILES string of the molecule is COc1ccccc1-c1cc(CCC(=O)c2cccnc2)on1. The summed E-state index contributed by atoms with van der Waals surface area (Å²) in [6.07, 6.45) is 4.07. The molecule has 0 unspecified atom stereocenters. The van der Waals surface area contributed by atoms with Gasteiger partial charge in [0.1, 0.15) is 17.2 Å². The molecule has 23 heavy (non-hydrogen) atoms. The molecule has 0 amide bonds. The number of benzene rings is 1. The maximum absolute atomic E-state index is 12.1. The molecule has 0 saturated heterocycles. The first-order valence-electron chi connectivity index (χ1n) is 7.30. The number of carbonyl (C=O) groups is 1. The lowest BCUT2D eigenvalue weighted by molar-refractivity contribution is 0.0980. The van der Waals surface area contributed by atoms with E-state index in [0.717, 1.165) is 11.3 Å². The summed E-state index contributed by atoms with van der Waals surface area (Å²) in [5.41, 5.74) is 2.17. The molecule has 0 aliphatic rings. The van der Waals surface area contributed by atoms with Crippen LogP contribution in [0.5, 0.6) is 5.75 Å². The maximum atomic E-state index is 12.1. The largest absolute Gasteiger partial charge is 0.496 e. The standard InChI is InChI=1S/C18H16N2O3/c1-22-18-7-3-2-6-15(18)16-11-14(23-20-16)8-9-17(21)13-5-4-10-19-12-13/h2-7,10-12H,8-9H2,1H3. The van der Waals surface area contributed by atoms with E-state index in [1.807, 2.05) is 30.3 Å². The van der Waals surface area contributed by atoms with Crippen molar-refractivity contribution in [2.75, 3.05) is 7.11 Å². The summed E-state index contributed by atoms with van der Waals surface area (Å²) in [4.78, 5) is 16.0. The number of nitrogens with zero attached hydrogens (tertiary/aromatic N) is 2. The fourth-order valence-corrected chi connectivity index (χ4v) is 2.32. The molecule has 5 heteroatoms. The van der Waals surface area contributed by atoms with Crippen LogP contribution in [0.1, 0.15) is 22.5 Å². The molecule has 0 bridgehead atoms. The highest BCUT2D eigenvalue weighted by atomic mass is 16.5. The highest BCUT2D eigenvalue weighted by Crippen LogP contribution is 2.29. The molecule has 0 N–H and O–H groups in total. The number of pyridine rings is 1. The number of Topliss-reactive ketones (excluding diaryl/α,β-unsaturated/α-hetero) is 1. The fourth-order valence-electron chi connectivity index (χ4n) is 2.32. The number of methoxy groups -OCH3 is 1. The number of aryl methyl sites for hydroxylation is 1. The third-order valence-corrected chi connectivity index (χ3v) is 3.52. The molecule has 0 aliphatic heterocycles. The van der Waals surface area contributed by atoms with Gasteiger partial charge in [-0.3, -0.25) is 9.78 Å². The van der Waals surface area contributed by atoms with Crippen molar-refractivity contribution in [3.8, 4) is 17.0 Å². The van der Waals surface area contributed by atoms with Gasteiger partial charge in [-0.05, 0) is 24.3 Å². The van der Waals surface area contributed by atoms with Crippen LogP contribution < -0.4 is 4.74 Å². The van der Waals surface area contributed by atoms with E-state index < -0.39 is 0 Å². The third kappa shape index (κ3) is 3.45. The Hall–Kier alpha value is -2.95. The first kappa shape index (κ1) is 15.0. The van der Waals surface area contributed by atoms with Crippen molar-refractivity contribution in [2.24, 2.45) is 0 Å². The molecule has 5 nitrogen and oxygen atoms in total. The molecule has 116 valence electrons. The Balaban J connectivity index is 1.69. The van der Waals surface area contributed by atoms with E-state index in [9.17, 15) is 4.79 Å². The van der Waals surface area contributed by atoms with Gasteiger partial charge in [0.05, 0.1) is 7.11 Å². The van der Waals surface area contributed by atoms with E-state index in [2.05, 4.69) is 10.1 Å². The van der Waals surface area contributed by atoms with Crippen molar-refractivity contribution in [1.29, 1.82) is 0 Å². The van der Waals surface area contributed by atoms with Crippen molar-refractivity contribution in [3.05, 3.63) is 66.2 Å². The molecule has 3 aromatic rings. The van der Waals surface area contributed by atoms with Crippen LogP contribution in [-0.4, -0.2) is 23.0 Å². The van der Waals surface area contributed by atoms with Crippen molar-refractivity contribution < 1.29 is 14.1 Å². The lowest BCUT2D eigenvalue weighted by atomic mass is 10.1. The van der Waals surface area contributed by atoms with E-state index in [0.29, 0.717) is 29.9 Å². The van der Waals surface area contributed by atoms with Gasteiger partial charge in [-0.1, -0.05) is 17.3 Å². The lowest BCUT2D eigenvalue weighted by Gasteiger charge is -2.03. The number of hydrogen-bond acceptors (Lipinski definition) is 5. The smallest absolute Gasteiger partial charge is 0.164 e. The monoisotopic (exact) mass is 308 g/mol. The van der Waals surface area contributed by atoms with Crippen LogP contribution in [-0.2, 0) is 6.42 Å². The van der Waals surface area contributed by atoms with E-state index >= 15 is 0 Å². The molecule has 2 aromatic heterocycles. The summed E-state index contributed by atoms with van der Waals surface area (Å²) in [6.45, 7) is 0. The van der Waals surface area contributed by atoms with Crippen LogP contribution in [0, 0.1) is 0 Å². The Kier molecular flexibility index (Phi) is 4.47. The van der Waals surface area contributed by atoms with E-state index in [1.54, 1.807) is 31.6 Å². The van der Waals surface area contributed by atoms with Gasteiger partial charge in [-0.25, -0.2) is 0 Å². The van der Waals surface area contributed by atoms with Crippen LogP contribution in [0.2, 0.25) is 0 Å². The van der Waals surface area contributed by atoms with Crippen molar-refractivity contribution in [1.82, 2.24) is 10.1 Å². The summed E-state index contributed by atoms with van der Waals surface area (Å²) in [5, 5.41) is 4.07.